The first-order valence-corrected chi connectivity index (χ1v) is 10.2. The molecule has 0 aliphatic carbocycles. The molecule has 0 bridgehead atoms. The molecule has 3 heterocycles. The number of aliphatic hydroxyl groups is 1. The van der Waals surface area contributed by atoms with Crippen molar-refractivity contribution in [2.45, 2.75) is 25.3 Å². The van der Waals surface area contributed by atoms with Crippen molar-refractivity contribution in [3.05, 3.63) is 53.9 Å². The first-order chi connectivity index (χ1) is 14.6. The van der Waals surface area contributed by atoms with Gasteiger partial charge >= 0.3 is 0 Å². The van der Waals surface area contributed by atoms with Gasteiger partial charge < -0.3 is 19.6 Å². The van der Waals surface area contributed by atoms with E-state index in [0.717, 1.165) is 12.8 Å². The zero-order valence-electron chi connectivity index (χ0n) is 17.0. The summed E-state index contributed by atoms with van der Waals surface area (Å²) in [4.78, 5) is 29.9. The van der Waals surface area contributed by atoms with E-state index in [2.05, 4.69) is 10.2 Å². The number of benzene rings is 1. The average Bonchev–Trinajstić information content (AvgIpc) is 2.82. The number of methoxy groups -OCH3 is 1. The summed E-state index contributed by atoms with van der Waals surface area (Å²) in [5, 5.41) is 18.1. The van der Waals surface area contributed by atoms with E-state index in [1.165, 1.54) is 6.20 Å². The van der Waals surface area contributed by atoms with E-state index in [1.807, 2.05) is 0 Å². The molecule has 2 fully saturated rings. The number of fused-ring (bicyclic) bond motifs is 1. The number of carbonyl (C=O) groups excluding carboxylic acids is 2. The minimum absolute atomic E-state index is 0.0108. The van der Waals surface area contributed by atoms with Gasteiger partial charge in [-0.25, -0.2) is 0 Å². The summed E-state index contributed by atoms with van der Waals surface area (Å²) in [6.07, 6.45) is 3.82. The quantitative estimate of drug-likeness (QED) is 0.823. The van der Waals surface area contributed by atoms with Crippen molar-refractivity contribution in [2.75, 3.05) is 33.4 Å². The van der Waals surface area contributed by atoms with Crippen LogP contribution in [-0.2, 0) is 0 Å². The lowest BCUT2D eigenvalue weighted by Crippen LogP contribution is -2.64. The smallest absolute Gasteiger partial charge is 0.274 e. The summed E-state index contributed by atoms with van der Waals surface area (Å²) < 4.78 is 5.24. The standard InChI is InChI=1S/C22H26N4O4/c1-30-17-6-2-5-16(13-17)20(28)25-12-9-22(15-27)8-4-11-26(19(22)14-25)21(29)18-7-3-10-23-24-18/h2-3,5-7,10,13,19,27H,4,8-9,11-12,14-15H2,1H3/t19-,22-/m0/s1. The third-order valence-corrected chi connectivity index (χ3v) is 6.40. The number of likely N-dealkylation sites (tertiary alicyclic amines) is 2. The van der Waals surface area contributed by atoms with Gasteiger partial charge in [-0.15, -0.1) is 5.10 Å². The maximum Gasteiger partial charge on any atom is 0.274 e. The number of carbonyl (C=O) groups is 2. The van der Waals surface area contributed by atoms with Crippen molar-refractivity contribution in [1.82, 2.24) is 20.0 Å². The molecule has 0 saturated carbocycles. The third-order valence-electron chi connectivity index (χ3n) is 6.40. The molecule has 2 saturated heterocycles. The lowest BCUT2D eigenvalue weighted by Gasteiger charge is -2.54. The first kappa shape index (κ1) is 20.3. The highest BCUT2D eigenvalue weighted by Gasteiger charge is 2.50. The Morgan fingerprint density at radius 2 is 2.07 bits per heavy atom. The Morgan fingerprint density at radius 1 is 1.20 bits per heavy atom. The number of amides is 2. The van der Waals surface area contributed by atoms with E-state index in [9.17, 15) is 14.7 Å². The van der Waals surface area contributed by atoms with Crippen molar-refractivity contribution in [1.29, 1.82) is 0 Å². The second-order valence-corrected chi connectivity index (χ2v) is 7.98. The SMILES string of the molecule is COc1cccc(C(=O)N2CC[C@]3(CO)CCCN(C(=O)c4cccnn4)[C@H]3C2)c1. The van der Waals surface area contributed by atoms with Gasteiger partial charge in [0.15, 0.2) is 5.69 Å². The predicted molar refractivity (Wildman–Crippen MR) is 109 cm³/mol. The van der Waals surface area contributed by atoms with Crippen LogP contribution in [0.1, 0.15) is 40.1 Å². The molecule has 8 heteroatoms. The van der Waals surface area contributed by atoms with E-state index >= 15 is 0 Å². The van der Waals surface area contributed by atoms with E-state index < -0.39 is 5.41 Å². The minimum Gasteiger partial charge on any atom is -0.497 e. The van der Waals surface area contributed by atoms with E-state index in [-0.39, 0.29) is 30.2 Å². The van der Waals surface area contributed by atoms with Crippen LogP contribution < -0.4 is 4.74 Å². The summed E-state index contributed by atoms with van der Waals surface area (Å²) >= 11 is 0. The fraction of sp³-hybridized carbons (Fsp3) is 0.455. The van der Waals surface area contributed by atoms with Crippen LogP contribution in [-0.4, -0.2) is 76.3 Å². The molecule has 0 radical (unpaired) electrons. The molecule has 30 heavy (non-hydrogen) atoms. The molecule has 4 rings (SSSR count). The summed E-state index contributed by atoms with van der Waals surface area (Å²) in [6.45, 7) is 1.48. The fourth-order valence-electron chi connectivity index (χ4n) is 4.69. The Labute approximate surface area is 175 Å². The summed E-state index contributed by atoms with van der Waals surface area (Å²) in [7, 11) is 1.57. The molecule has 158 valence electrons. The molecule has 2 atom stereocenters. The maximum atomic E-state index is 13.2. The molecule has 2 amide bonds. The second kappa shape index (κ2) is 8.39. The molecule has 2 aliphatic heterocycles. The lowest BCUT2D eigenvalue weighted by molar-refractivity contribution is -0.0581. The topological polar surface area (TPSA) is 95.9 Å². The van der Waals surface area contributed by atoms with Crippen molar-refractivity contribution >= 4 is 11.8 Å². The summed E-state index contributed by atoms with van der Waals surface area (Å²) in [5.41, 5.74) is 0.428. The molecule has 1 N–H and O–H groups in total. The van der Waals surface area contributed by atoms with Gasteiger partial charge in [0.25, 0.3) is 11.8 Å². The number of aliphatic hydroxyl groups excluding tert-OH is 1. The Hall–Kier alpha value is -3.00. The van der Waals surface area contributed by atoms with Gasteiger partial charge in [-0.2, -0.15) is 5.10 Å². The van der Waals surface area contributed by atoms with Crippen molar-refractivity contribution in [2.24, 2.45) is 5.41 Å². The number of hydrogen-bond donors (Lipinski definition) is 1. The van der Waals surface area contributed by atoms with Gasteiger partial charge in [-0.3, -0.25) is 9.59 Å². The molecule has 2 aliphatic rings. The Morgan fingerprint density at radius 3 is 2.80 bits per heavy atom. The van der Waals surface area contributed by atoms with E-state index in [0.29, 0.717) is 37.4 Å². The van der Waals surface area contributed by atoms with E-state index in [1.54, 1.807) is 53.3 Å². The highest BCUT2D eigenvalue weighted by molar-refractivity contribution is 5.95. The van der Waals surface area contributed by atoms with Crippen molar-refractivity contribution in [3.8, 4) is 5.75 Å². The van der Waals surface area contributed by atoms with Crippen molar-refractivity contribution < 1.29 is 19.4 Å². The normalized spacial score (nSPS) is 23.6. The molecule has 0 unspecified atom stereocenters. The average molecular weight is 410 g/mol. The monoisotopic (exact) mass is 410 g/mol. The van der Waals surface area contributed by atoms with Gasteiger partial charge in [-0.05, 0) is 49.6 Å². The molecule has 8 nitrogen and oxygen atoms in total. The van der Waals surface area contributed by atoms with Crippen LogP contribution >= 0.6 is 0 Å². The third kappa shape index (κ3) is 3.63. The minimum atomic E-state index is -0.402. The van der Waals surface area contributed by atoms with E-state index in [4.69, 9.17) is 4.74 Å². The fourth-order valence-corrected chi connectivity index (χ4v) is 4.69. The summed E-state index contributed by atoms with van der Waals surface area (Å²) in [6, 6.07) is 10.1. The number of hydrogen-bond acceptors (Lipinski definition) is 6. The van der Waals surface area contributed by atoms with Gasteiger partial charge in [0, 0.05) is 36.8 Å². The zero-order valence-corrected chi connectivity index (χ0v) is 17.0. The van der Waals surface area contributed by atoms with Gasteiger partial charge in [0.2, 0.25) is 0 Å². The van der Waals surface area contributed by atoms with Crippen LogP contribution in [0.5, 0.6) is 5.75 Å². The van der Waals surface area contributed by atoms with Crippen LogP contribution in [0, 0.1) is 5.41 Å². The summed E-state index contributed by atoms with van der Waals surface area (Å²) in [5.74, 6) is 0.318. The van der Waals surface area contributed by atoms with Crippen LogP contribution in [0.25, 0.3) is 0 Å². The lowest BCUT2D eigenvalue weighted by atomic mass is 9.68. The Bertz CT molecular complexity index is 922. The maximum absolute atomic E-state index is 13.2. The first-order valence-electron chi connectivity index (χ1n) is 10.2. The predicted octanol–water partition coefficient (Wildman–Crippen LogP) is 1.61. The number of ether oxygens (including phenoxy) is 1. The Balaban J connectivity index is 1.60. The highest BCUT2D eigenvalue weighted by Crippen LogP contribution is 2.42. The largest absolute Gasteiger partial charge is 0.497 e. The molecule has 0 spiro atoms. The van der Waals surface area contributed by atoms with Crippen LogP contribution in [0.15, 0.2) is 42.6 Å². The molecular formula is C22H26N4O4. The molecule has 2 aromatic rings. The number of piperidine rings is 2. The van der Waals surface area contributed by atoms with Crippen LogP contribution in [0.4, 0.5) is 0 Å². The van der Waals surface area contributed by atoms with Crippen LogP contribution in [0.3, 0.4) is 0 Å². The number of nitrogens with zero attached hydrogens (tertiary/aromatic N) is 4. The Kier molecular flexibility index (Phi) is 5.67. The van der Waals surface area contributed by atoms with Gasteiger partial charge in [0.1, 0.15) is 5.75 Å². The van der Waals surface area contributed by atoms with Crippen molar-refractivity contribution in [3.63, 3.8) is 0 Å². The van der Waals surface area contributed by atoms with Gasteiger partial charge in [-0.1, -0.05) is 6.07 Å². The van der Waals surface area contributed by atoms with Gasteiger partial charge in [0.05, 0.1) is 19.8 Å². The highest BCUT2D eigenvalue weighted by atomic mass is 16.5. The second-order valence-electron chi connectivity index (χ2n) is 7.98. The number of rotatable bonds is 4. The zero-order chi connectivity index (χ0) is 21.1. The van der Waals surface area contributed by atoms with Crippen LogP contribution in [0.2, 0.25) is 0 Å². The number of aromatic nitrogens is 2. The molecule has 1 aromatic carbocycles. The molecular weight excluding hydrogens is 384 g/mol. The molecule has 1 aromatic heterocycles.